The molecule has 2 aliphatic heterocycles. The number of phenols is 1. The Hall–Kier alpha value is -4.72. The summed E-state index contributed by atoms with van der Waals surface area (Å²) < 4.78 is 40.4. The van der Waals surface area contributed by atoms with Gasteiger partial charge in [0.25, 0.3) is 11.8 Å². The molecule has 1 saturated carbocycles. The molecule has 4 aromatic rings. The van der Waals surface area contributed by atoms with Gasteiger partial charge in [-0.15, -0.1) is 11.3 Å². The van der Waals surface area contributed by atoms with Crippen molar-refractivity contribution in [3.05, 3.63) is 121 Å². The number of imide groups is 2. The third-order valence-corrected chi connectivity index (χ3v) is 12.8. The maximum atomic E-state index is 15.3. The molecule has 2 aromatic heterocycles. The Morgan fingerprint density at radius 1 is 0.981 bits per heavy atom. The summed E-state index contributed by atoms with van der Waals surface area (Å²) in [4.78, 5) is 64.3. The van der Waals surface area contributed by atoms with Crippen LogP contribution in [-0.2, 0) is 37.3 Å². The molecule has 0 radical (unpaired) electrons. The molecule has 4 heterocycles. The highest BCUT2D eigenvalue weighted by atomic mass is 35.5. The van der Waals surface area contributed by atoms with E-state index in [2.05, 4.69) is 10.4 Å². The Kier molecular flexibility index (Phi) is 8.70. The molecule has 2 aromatic carbocycles. The first kappa shape index (κ1) is 36.3. The molecule has 4 aliphatic rings. The highest BCUT2D eigenvalue weighted by molar-refractivity contribution is 7.09. The molecule has 0 bridgehead atoms. The molecular weight excluding hydrogens is 764 g/mol. The van der Waals surface area contributed by atoms with Gasteiger partial charge in [-0.05, 0) is 84.5 Å². The van der Waals surface area contributed by atoms with Crippen molar-refractivity contribution in [1.29, 1.82) is 0 Å². The summed E-state index contributed by atoms with van der Waals surface area (Å²) in [5.41, 5.74) is 2.63. The van der Waals surface area contributed by atoms with Crippen molar-refractivity contribution in [2.75, 3.05) is 5.43 Å². The molecule has 8 rings (SSSR count). The summed E-state index contributed by atoms with van der Waals surface area (Å²) in [6, 6.07) is 14.4. The number of thiophene rings is 1. The SMILES string of the molecule is Cc1cc([C@H]2C3=CC[C@@H]4C(=O)N(Cc5cccs5)C(=O)[C@@H]4[C@@H]3C[C@H]3C(=O)N(Nc4ncc(C(F)(F)F)cc4Cl)C(=O)[C@@]23c2ccc(Cl)cc2)cc(C)c1O. The molecule has 0 spiro atoms. The van der Waals surface area contributed by atoms with Crippen LogP contribution in [0.5, 0.6) is 5.75 Å². The molecule has 4 amide bonds. The topological polar surface area (TPSA) is 120 Å². The Bertz CT molecular complexity index is 2260. The van der Waals surface area contributed by atoms with E-state index in [-0.39, 0.29) is 42.8 Å². The number of halogens is 5. The number of allylic oxidation sites excluding steroid dienone is 2. The number of rotatable bonds is 6. The molecule has 54 heavy (non-hydrogen) atoms. The van der Waals surface area contributed by atoms with Crippen molar-refractivity contribution in [3.63, 3.8) is 0 Å². The van der Waals surface area contributed by atoms with Gasteiger partial charge in [-0.25, -0.2) is 4.98 Å². The standard InChI is InChI=1S/C39H31Cl2F3N4O5S/c1-18-12-20(13-19(2)32(18)49)31-25-9-10-26-30(36(52)47(34(26)50)17-24-4-3-11-54-24)27(25)15-28-35(51)48(37(53)38(28,31)21-5-7-23(40)8-6-21)46-33-29(41)14-22(16-45-33)39(42,43)44/h3-9,11-14,16,26-28,30-31,49H,10,15,17H2,1-2H3,(H,45,46)/t26-,27+,28-,30-,31-,38+/m0/s1. The van der Waals surface area contributed by atoms with Gasteiger partial charge in [0.1, 0.15) is 5.75 Å². The van der Waals surface area contributed by atoms with Crippen molar-refractivity contribution in [2.45, 2.75) is 50.7 Å². The number of aryl methyl sites for hydroxylation is 2. The second-order valence-corrected chi connectivity index (χ2v) is 16.1. The summed E-state index contributed by atoms with van der Waals surface area (Å²) in [6.45, 7) is 3.57. The van der Waals surface area contributed by atoms with Gasteiger partial charge >= 0.3 is 6.18 Å². The zero-order valence-corrected chi connectivity index (χ0v) is 31.0. The molecule has 6 atom stereocenters. The number of benzene rings is 2. The number of hydrazine groups is 1. The summed E-state index contributed by atoms with van der Waals surface area (Å²) in [5.74, 6) is -6.51. The van der Waals surface area contributed by atoms with E-state index in [1.54, 1.807) is 50.2 Å². The number of phenolic OH excluding ortho intramolecular Hbond substituents is 1. The number of nitrogens with zero attached hydrogens (tertiary/aromatic N) is 3. The minimum Gasteiger partial charge on any atom is -0.507 e. The molecule has 2 saturated heterocycles. The first-order valence-corrected chi connectivity index (χ1v) is 18.8. The number of fused-ring (bicyclic) bond motifs is 4. The lowest BCUT2D eigenvalue weighted by molar-refractivity contribution is -0.142. The normalized spacial score (nSPS) is 26.5. The highest BCUT2D eigenvalue weighted by Crippen LogP contribution is 2.64. The van der Waals surface area contributed by atoms with E-state index in [0.717, 1.165) is 9.89 Å². The van der Waals surface area contributed by atoms with Gasteiger partial charge in [-0.3, -0.25) is 29.5 Å². The van der Waals surface area contributed by atoms with Gasteiger partial charge in [0.2, 0.25) is 11.8 Å². The van der Waals surface area contributed by atoms with Crippen molar-refractivity contribution < 1.29 is 37.5 Å². The van der Waals surface area contributed by atoms with E-state index in [1.807, 2.05) is 23.6 Å². The number of hydrogen-bond donors (Lipinski definition) is 2. The number of hydrogen-bond acceptors (Lipinski definition) is 8. The molecule has 3 fully saturated rings. The average molecular weight is 796 g/mol. The maximum absolute atomic E-state index is 15.3. The molecule has 0 unspecified atom stereocenters. The molecule has 9 nitrogen and oxygen atoms in total. The predicted molar refractivity (Wildman–Crippen MR) is 194 cm³/mol. The second-order valence-electron chi connectivity index (χ2n) is 14.3. The van der Waals surface area contributed by atoms with Crippen molar-refractivity contribution in [1.82, 2.24) is 14.9 Å². The number of aromatic nitrogens is 1. The van der Waals surface area contributed by atoms with E-state index in [1.165, 1.54) is 16.2 Å². The van der Waals surface area contributed by atoms with E-state index < -0.39 is 63.6 Å². The lowest BCUT2D eigenvalue weighted by atomic mass is 9.49. The Labute approximate surface area is 321 Å². The summed E-state index contributed by atoms with van der Waals surface area (Å²) >= 11 is 14.0. The molecule has 15 heteroatoms. The van der Waals surface area contributed by atoms with Crippen LogP contribution < -0.4 is 5.43 Å². The molecule has 278 valence electrons. The van der Waals surface area contributed by atoms with Gasteiger partial charge < -0.3 is 5.11 Å². The number of likely N-dealkylation sites (tertiary alicyclic amines) is 1. The van der Waals surface area contributed by atoms with Gasteiger partial charge in [0.15, 0.2) is 5.82 Å². The molecule has 2 N–H and O–H groups in total. The molecule has 2 aliphatic carbocycles. The van der Waals surface area contributed by atoms with Crippen molar-refractivity contribution >= 4 is 64.0 Å². The summed E-state index contributed by atoms with van der Waals surface area (Å²) in [6.07, 6.45) is -2.04. The van der Waals surface area contributed by atoms with Crippen LogP contribution in [-0.4, -0.2) is 43.6 Å². The quantitative estimate of drug-likeness (QED) is 0.150. The fraction of sp³-hybridized carbons (Fsp3) is 0.308. The number of carbonyl (C=O) groups excluding carboxylic acids is 4. The predicted octanol–water partition coefficient (Wildman–Crippen LogP) is 7.98. The largest absolute Gasteiger partial charge is 0.507 e. The van der Waals surface area contributed by atoms with E-state index >= 15 is 4.79 Å². The van der Waals surface area contributed by atoms with E-state index in [0.29, 0.717) is 45.1 Å². The highest BCUT2D eigenvalue weighted by Gasteiger charge is 2.70. The van der Waals surface area contributed by atoms with Gasteiger partial charge in [-0.2, -0.15) is 18.2 Å². The van der Waals surface area contributed by atoms with Crippen LogP contribution in [0.4, 0.5) is 19.0 Å². The first-order valence-electron chi connectivity index (χ1n) is 17.1. The van der Waals surface area contributed by atoms with Crippen LogP contribution in [0.25, 0.3) is 0 Å². The van der Waals surface area contributed by atoms with Crippen LogP contribution in [0.3, 0.4) is 0 Å². The van der Waals surface area contributed by atoms with Crippen molar-refractivity contribution in [3.8, 4) is 5.75 Å². The van der Waals surface area contributed by atoms with Crippen LogP contribution in [0.2, 0.25) is 10.0 Å². The Morgan fingerprint density at radius 3 is 2.31 bits per heavy atom. The van der Waals surface area contributed by atoms with Gasteiger partial charge in [-0.1, -0.05) is 65.2 Å². The first-order chi connectivity index (χ1) is 25.6. The lowest BCUT2D eigenvalue weighted by Gasteiger charge is -2.50. The zero-order chi connectivity index (χ0) is 38.4. The monoisotopic (exact) mass is 794 g/mol. The van der Waals surface area contributed by atoms with Crippen LogP contribution in [0.1, 0.15) is 51.5 Å². The number of alkyl halides is 3. The van der Waals surface area contributed by atoms with Crippen LogP contribution in [0.15, 0.2) is 77.8 Å². The fourth-order valence-corrected chi connectivity index (χ4v) is 10.1. The number of pyridine rings is 1. The number of aromatic hydroxyl groups is 1. The van der Waals surface area contributed by atoms with Gasteiger partial charge in [0, 0.05) is 22.0 Å². The number of amides is 4. The zero-order valence-electron chi connectivity index (χ0n) is 28.7. The number of anilines is 1. The summed E-state index contributed by atoms with van der Waals surface area (Å²) in [5, 5.41) is 13.4. The number of carbonyl (C=O) groups is 4. The fourth-order valence-electron chi connectivity index (χ4n) is 9.09. The smallest absolute Gasteiger partial charge is 0.417 e. The van der Waals surface area contributed by atoms with E-state index in [9.17, 15) is 32.7 Å². The van der Waals surface area contributed by atoms with E-state index in [4.69, 9.17) is 23.2 Å². The second kappa shape index (κ2) is 13.0. The third kappa shape index (κ3) is 5.45. The minimum atomic E-state index is -4.74. The minimum absolute atomic E-state index is 0.00492. The van der Waals surface area contributed by atoms with Crippen LogP contribution in [0, 0.1) is 37.5 Å². The maximum Gasteiger partial charge on any atom is 0.417 e. The number of nitrogens with one attached hydrogen (secondary N) is 1. The Morgan fingerprint density at radius 2 is 1.69 bits per heavy atom. The summed E-state index contributed by atoms with van der Waals surface area (Å²) in [7, 11) is 0. The average Bonchev–Trinajstić information content (AvgIpc) is 3.79. The van der Waals surface area contributed by atoms with Gasteiger partial charge in [0.05, 0.1) is 40.3 Å². The molecular formula is C39H31Cl2F3N4O5S. The lowest BCUT2D eigenvalue weighted by Crippen LogP contribution is -2.53. The third-order valence-electron chi connectivity index (χ3n) is 11.4. The van der Waals surface area contributed by atoms with Crippen LogP contribution >= 0.6 is 34.5 Å². The Balaban J connectivity index is 1.31. The van der Waals surface area contributed by atoms with Crippen molar-refractivity contribution in [2.24, 2.45) is 23.7 Å².